The summed E-state index contributed by atoms with van der Waals surface area (Å²) >= 11 is 1.19. The number of carbonyl (C=O) groups is 1. The molecule has 2 heterocycles. The first kappa shape index (κ1) is 24.2. The van der Waals surface area contributed by atoms with Gasteiger partial charge < -0.3 is 25.4 Å². The van der Waals surface area contributed by atoms with Crippen LogP contribution in [-0.2, 0) is 9.53 Å². The van der Waals surface area contributed by atoms with E-state index in [0.717, 1.165) is 25.8 Å². The van der Waals surface area contributed by atoms with Crippen molar-refractivity contribution < 1.29 is 24.9 Å². The molecule has 0 bridgehead atoms. The van der Waals surface area contributed by atoms with Gasteiger partial charge in [-0.05, 0) is 37.6 Å². The molecule has 0 aliphatic carbocycles. The number of carbonyl (C=O) groups excluding carboxylic acids is 1. The average Bonchev–Trinajstić information content (AvgIpc) is 3.05. The maximum Gasteiger partial charge on any atom is 0.237 e. The second-order valence-electron chi connectivity index (χ2n) is 8.00. The Morgan fingerprint density at radius 1 is 1.38 bits per heavy atom. The van der Waals surface area contributed by atoms with Crippen LogP contribution in [0.3, 0.4) is 0 Å². The Bertz CT molecular complexity index is 605. The minimum absolute atomic E-state index is 0.229. The van der Waals surface area contributed by atoms with E-state index in [9.17, 15) is 20.1 Å². The summed E-state index contributed by atoms with van der Waals surface area (Å²) in [5.41, 5.74) is 8.09. The highest BCUT2D eigenvalue weighted by Crippen LogP contribution is 2.31. The lowest BCUT2D eigenvalue weighted by atomic mass is 9.91. The number of aliphatic hydroxyl groups is 3. The molecule has 166 valence electrons. The lowest BCUT2D eigenvalue weighted by molar-refractivity contribution is -0.206. The molecule has 0 spiro atoms. The first-order chi connectivity index (χ1) is 13.7. The molecule has 9 atom stereocenters. The van der Waals surface area contributed by atoms with Crippen molar-refractivity contribution in [2.75, 3.05) is 19.8 Å². The molecule has 2 saturated heterocycles. The van der Waals surface area contributed by atoms with Crippen molar-refractivity contribution in [3.05, 3.63) is 10.4 Å². The Hall–Kier alpha value is -1.07. The molecule has 1 amide bonds. The van der Waals surface area contributed by atoms with Gasteiger partial charge in [-0.25, -0.2) is 0 Å². The Morgan fingerprint density at radius 2 is 2.07 bits per heavy atom. The third-order valence-electron chi connectivity index (χ3n) is 5.89. The molecule has 10 nitrogen and oxygen atoms in total. The van der Waals surface area contributed by atoms with E-state index in [2.05, 4.69) is 22.3 Å². The Labute approximate surface area is 175 Å². The quantitative estimate of drug-likeness (QED) is 0.248. The highest BCUT2D eigenvalue weighted by molar-refractivity contribution is 7.99. The molecule has 2 aliphatic heterocycles. The molecule has 0 aromatic rings. The van der Waals surface area contributed by atoms with Gasteiger partial charge in [-0.15, -0.1) is 11.8 Å². The maximum atomic E-state index is 13.0. The van der Waals surface area contributed by atoms with Crippen molar-refractivity contribution >= 4 is 17.7 Å². The number of amides is 1. The predicted octanol–water partition coefficient (Wildman–Crippen LogP) is 0.461. The summed E-state index contributed by atoms with van der Waals surface area (Å²) in [5, 5.41) is 37.4. The van der Waals surface area contributed by atoms with Crippen molar-refractivity contribution in [1.82, 2.24) is 10.2 Å². The number of likely N-dealkylation sites (N-methyl/N-ethyl adjacent to an activating group) is 1. The average molecular weight is 432 g/mol. The van der Waals surface area contributed by atoms with Gasteiger partial charge in [0.1, 0.15) is 29.9 Å². The normalized spacial score (nSPS) is 37.6. The minimum Gasteiger partial charge on any atom is -0.388 e. The van der Waals surface area contributed by atoms with Gasteiger partial charge in [0.2, 0.25) is 5.91 Å². The smallest absolute Gasteiger partial charge is 0.237 e. The van der Waals surface area contributed by atoms with Crippen LogP contribution < -0.4 is 5.32 Å². The van der Waals surface area contributed by atoms with Gasteiger partial charge in [0.25, 0.3) is 0 Å². The van der Waals surface area contributed by atoms with Crippen LogP contribution >= 0.6 is 11.8 Å². The van der Waals surface area contributed by atoms with Crippen LogP contribution in [0.1, 0.15) is 33.1 Å². The van der Waals surface area contributed by atoms with E-state index in [-0.39, 0.29) is 11.9 Å². The van der Waals surface area contributed by atoms with E-state index >= 15 is 0 Å². The van der Waals surface area contributed by atoms with E-state index < -0.39 is 41.9 Å². The van der Waals surface area contributed by atoms with Crippen LogP contribution in [0, 0.1) is 5.92 Å². The Balaban J connectivity index is 2.20. The molecule has 11 heteroatoms. The van der Waals surface area contributed by atoms with Crippen LogP contribution in [0.15, 0.2) is 5.11 Å². The number of aliphatic hydroxyl groups excluding tert-OH is 3. The summed E-state index contributed by atoms with van der Waals surface area (Å²) in [4.78, 5) is 17.9. The first-order valence-corrected chi connectivity index (χ1v) is 11.3. The largest absolute Gasteiger partial charge is 0.388 e. The number of rotatable bonds is 8. The number of thioether (sulfide) groups is 1. The molecule has 0 radical (unpaired) electrons. The molecule has 29 heavy (non-hydrogen) atoms. The summed E-state index contributed by atoms with van der Waals surface area (Å²) in [6, 6.07) is -1.91. The molecule has 2 fully saturated rings. The van der Waals surface area contributed by atoms with Crippen LogP contribution in [0.2, 0.25) is 0 Å². The van der Waals surface area contributed by atoms with E-state index in [0.29, 0.717) is 5.92 Å². The van der Waals surface area contributed by atoms with E-state index in [4.69, 9.17) is 10.3 Å². The molecule has 0 aromatic heterocycles. The summed E-state index contributed by atoms with van der Waals surface area (Å²) in [7, 11) is 1.90. The number of nitrogens with one attached hydrogen (secondary N) is 1. The van der Waals surface area contributed by atoms with E-state index in [1.165, 1.54) is 11.8 Å². The van der Waals surface area contributed by atoms with Gasteiger partial charge in [-0.3, -0.25) is 9.69 Å². The molecule has 3 unspecified atom stereocenters. The topological polar surface area (TPSA) is 151 Å². The fourth-order valence-electron chi connectivity index (χ4n) is 4.29. The fraction of sp³-hybridized carbons (Fsp3) is 0.944. The van der Waals surface area contributed by atoms with Gasteiger partial charge in [-0.2, -0.15) is 0 Å². The summed E-state index contributed by atoms with van der Waals surface area (Å²) < 4.78 is 5.80. The van der Waals surface area contributed by atoms with Crippen molar-refractivity contribution in [1.29, 1.82) is 0 Å². The van der Waals surface area contributed by atoms with Crippen LogP contribution in [0.25, 0.3) is 10.4 Å². The van der Waals surface area contributed by atoms with Crippen molar-refractivity contribution in [3.63, 3.8) is 0 Å². The standard InChI is InChI=1S/C18H33N5O5S/c1-5-6-10-7-11(23(3)8-10)17(27)20-12(9(2)21-22-19)16-14(25)13(24)15(26)18(28-16)29-4/h9-16,18,24-26H,5-8H2,1-4H3,(H,20,27)/t9?,10-,11+,12-,13?,14+,15-,16-,18?/m1/s1. The molecule has 4 N–H and O–H groups in total. The zero-order chi connectivity index (χ0) is 21.7. The minimum atomic E-state index is -1.44. The summed E-state index contributed by atoms with van der Waals surface area (Å²) in [6.07, 6.45) is -0.621. The molecule has 0 saturated carbocycles. The van der Waals surface area contributed by atoms with Gasteiger partial charge >= 0.3 is 0 Å². The third kappa shape index (κ3) is 5.55. The molecule has 0 aromatic carbocycles. The van der Waals surface area contributed by atoms with E-state index in [1.807, 2.05) is 11.9 Å². The highest BCUT2D eigenvalue weighted by atomic mass is 32.2. The first-order valence-electron chi connectivity index (χ1n) is 10.0. The van der Waals surface area contributed by atoms with Crippen molar-refractivity contribution in [3.8, 4) is 0 Å². The molecular weight excluding hydrogens is 398 g/mol. The highest BCUT2D eigenvalue weighted by Gasteiger charge is 2.48. The van der Waals surface area contributed by atoms with Gasteiger partial charge in [0.15, 0.2) is 0 Å². The number of ether oxygens (including phenoxy) is 1. The van der Waals surface area contributed by atoms with Crippen LogP contribution in [0.4, 0.5) is 0 Å². The Kier molecular flexibility index (Phi) is 9.02. The second-order valence-corrected chi connectivity index (χ2v) is 8.94. The number of hydrogen-bond acceptors (Lipinski definition) is 8. The molecular formula is C18H33N5O5S. The summed E-state index contributed by atoms with van der Waals surface area (Å²) in [6.45, 7) is 4.57. The Morgan fingerprint density at radius 3 is 2.66 bits per heavy atom. The SMILES string of the molecule is CCC[C@@H]1C[C@@H](C(=O)N[C@H](C(C)N=[N+]=[N-])[C@H]2OC(SC)[C@H](O)C(O)[C@@H]2O)N(C)C1. The molecule has 2 rings (SSSR count). The van der Waals surface area contributed by atoms with Gasteiger partial charge in [0.05, 0.1) is 18.1 Å². The van der Waals surface area contributed by atoms with Gasteiger partial charge in [0, 0.05) is 11.5 Å². The number of nitrogens with zero attached hydrogens (tertiary/aromatic N) is 4. The fourth-order valence-corrected chi connectivity index (χ4v) is 4.96. The molecule has 2 aliphatic rings. The number of hydrogen-bond donors (Lipinski definition) is 4. The van der Waals surface area contributed by atoms with Gasteiger partial charge in [-0.1, -0.05) is 25.4 Å². The lowest BCUT2D eigenvalue weighted by Gasteiger charge is -2.44. The summed E-state index contributed by atoms with van der Waals surface area (Å²) in [5.74, 6) is 0.219. The second kappa shape index (κ2) is 10.8. The van der Waals surface area contributed by atoms with Crippen LogP contribution in [0.5, 0.6) is 0 Å². The van der Waals surface area contributed by atoms with E-state index in [1.54, 1.807) is 13.2 Å². The lowest BCUT2D eigenvalue weighted by Crippen LogP contribution is -2.65. The van der Waals surface area contributed by atoms with Crippen molar-refractivity contribution in [2.24, 2.45) is 11.0 Å². The zero-order valence-corrected chi connectivity index (χ0v) is 18.2. The number of likely N-dealkylation sites (tertiary alicyclic amines) is 1. The van der Waals surface area contributed by atoms with Crippen molar-refractivity contribution in [2.45, 2.75) is 81.1 Å². The van der Waals surface area contributed by atoms with Crippen LogP contribution in [-0.4, -0.2) is 94.0 Å². The number of azide groups is 1. The zero-order valence-electron chi connectivity index (χ0n) is 17.4. The monoisotopic (exact) mass is 431 g/mol. The third-order valence-corrected chi connectivity index (χ3v) is 6.74. The maximum absolute atomic E-state index is 13.0. The predicted molar refractivity (Wildman–Crippen MR) is 110 cm³/mol.